The van der Waals surface area contributed by atoms with Gasteiger partial charge < -0.3 is 4.43 Å². The summed E-state index contributed by atoms with van der Waals surface area (Å²) in [5, 5.41) is 10.5. The number of rotatable bonds is 7. The summed E-state index contributed by atoms with van der Waals surface area (Å²) < 4.78 is 7.55. The molecule has 0 unspecified atom stereocenters. The van der Waals surface area contributed by atoms with Crippen LogP contribution in [0.3, 0.4) is 0 Å². The summed E-state index contributed by atoms with van der Waals surface area (Å²) in [7, 11) is -1.81. The summed E-state index contributed by atoms with van der Waals surface area (Å²) in [5.74, 6) is -0.166. The predicted molar refractivity (Wildman–Crippen MR) is 108 cm³/mol. The van der Waals surface area contributed by atoms with Crippen LogP contribution in [0.15, 0.2) is 24.3 Å². The minimum atomic E-state index is -1.81. The molecule has 9 heteroatoms. The smallest absolute Gasteiger partial charge is 0.269 e. The molecule has 0 radical (unpaired) electrons. The van der Waals surface area contributed by atoms with Crippen molar-refractivity contribution in [3.05, 3.63) is 39.9 Å². The van der Waals surface area contributed by atoms with Gasteiger partial charge in [-0.15, -0.1) is 0 Å². The molecule has 1 atom stereocenters. The molecule has 1 amide bonds. The Balaban J connectivity index is 1.79. The monoisotopic (exact) mass is 410 g/mol. The van der Waals surface area contributed by atoms with Crippen molar-refractivity contribution in [2.45, 2.75) is 45.3 Å². The highest BCUT2D eigenvalue weighted by molar-refractivity contribution is 8.12. The quantitative estimate of drug-likeness (QED) is 0.219. The van der Waals surface area contributed by atoms with Gasteiger partial charge in [0, 0.05) is 42.8 Å². The molecule has 148 valence electrons. The van der Waals surface area contributed by atoms with Crippen LogP contribution in [0.4, 0.5) is 5.69 Å². The largest absolute Gasteiger partial charge is 0.417 e. The normalized spacial score (nSPS) is 17.6. The number of hydrogen-bond acceptors (Lipinski definition) is 6. The number of hydrogen-bond donors (Lipinski definition) is 0. The third-order valence-electron chi connectivity index (χ3n) is 5.22. The van der Waals surface area contributed by atoms with Crippen molar-refractivity contribution < 1.29 is 18.9 Å². The number of carbonyl (C=O) groups excluding carboxylic acids is 2. The molecule has 0 aliphatic carbocycles. The highest BCUT2D eigenvalue weighted by Gasteiger charge is 2.40. The van der Waals surface area contributed by atoms with Crippen LogP contribution >= 0.6 is 11.9 Å². The number of carbonyl (C=O) groups is 2. The number of non-ortho nitro benzene ring substituents is 1. The number of β-lactam (4-membered cyclic amide) rings is 1. The van der Waals surface area contributed by atoms with E-state index in [9.17, 15) is 19.7 Å². The van der Waals surface area contributed by atoms with Gasteiger partial charge >= 0.3 is 0 Å². The molecule has 1 aliphatic rings. The van der Waals surface area contributed by atoms with Gasteiger partial charge in [-0.05, 0) is 36.7 Å². The van der Waals surface area contributed by atoms with Crippen LogP contribution in [-0.2, 0) is 9.22 Å². The zero-order valence-electron chi connectivity index (χ0n) is 16.4. The molecule has 2 rings (SSSR count). The van der Waals surface area contributed by atoms with Crippen molar-refractivity contribution in [3.8, 4) is 0 Å². The van der Waals surface area contributed by atoms with Crippen LogP contribution in [0.5, 0.6) is 0 Å². The molecule has 0 N–H and O–H groups in total. The molecule has 1 aromatic rings. The van der Waals surface area contributed by atoms with Gasteiger partial charge in [-0.2, -0.15) is 0 Å². The third-order valence-corrected chi connectivity index (χ3v) is 10.7. The Morgan fingerprint density at radius 3 is 2.41 bits per heavy atom. The lowest BCUT2D eigenvalue weighted by atomic mass is 9.99. The van der Waals surface area contributed by atoms with Crippen LogP contribution in [0.2, 0.25) is 18.1 Å². The van der Waals surface area contributed by atoms with Gasteiger partial charge in [0.2, 0.25) is 11.0 Å². The Morgan fingerprint density at radius 2 is 1.93 bits per heavy atom. The SMILES string of the molecule is CC(C)(C)[Si](C)(C)OCC[C@H]1CN(SC(=O)c2ccc([N+](=O)[O-])cc2)C1=O. The average Bonchev–Trinajstić information content (AvgIpc) is 2.58. The maximum atomic E-state index is 12.2. The second kappa shape index (κ2) is 8.11. The molecule has 27 heavy (non-hydrogen) atoms. The minimum Gasteiger partial charge on any atom is -0.417 e. The molecule has 0 saturated carbocycles. The number of benzene rings is 1. The average molecular weight is 411 g/mol. The Labute approximate surface area is 164 Å². The molecule has 0 aromatic heterocycles. The fourth-order valence-corrected chi connectivity index (χ4v) is 4.30. The van der Waals surface area contributed by atoms with Crippen LogP contribution < -0.4 is 0 Å². The summed E-state index contributed by atoms with van der Waals surface area (Å²) in [6.45, 7) is 12.0. The van der Waals surface area contributed by atoms with Crippen molar-refractivity contribution in [1.82, 2.24) is 4.31 Å². The van der Waals surface area contributed by atoms with E-state index in [0.29, 0.717) is 25.1 Å². The van der Waals surface area contributed by atoms with Gasteiger partial charge in [-0.25, -0.2) is 0 Å². The van der Waals surface area contributed by atoms with Crippen molar-refractivity contribution >= 4 is 37.0 Å². The molecule has 1 fully saturated rings. The van der Waals surface area contributed by atoms with E-state index in [4.69, 9.17) is 4.43 Å². The van der Waals surface area contributed by atoms with E-state index >= 15 is 0 Å². The Kier molecular flexibility index (Phi) is 6.49. The first-order valence-corrected chi connectivity index (χ1v) is 12.5. The van der Waals surface area contributed by atoms with E-state index in [1.165, 1.54) is 28.6 Å². The topological polar surface area (TPSA) is 89.8 Å². The fraction of sp³-hybridized carbons (Fsp3) is 0.556. The molecule has 7 nitrogen and oxygen atoms in total. The maximum absolute atomic E-state index is 12.2. The Morgan fingerprint density at radius 1 is 1.33 bits per heavy atom. The van der Waals surface area contributed by atoms with Crippen molar-refractivity contribution in [2.75, 3.05) is 13.2 Å². The van der Waals surface area contributed by atoms with Gasteiger partial charge in [0.1, 0.15) is 0 Å². The van der Waals surface area contributed by atoms with Crippen LogP contribution in [-0.4, -0.2) is 41.7 Å². The summed E-state index contributed by atoms with van der Waals surface area (Å²) in [4.78, 5) is 34.6. The van der Waals surface area contributed by atoms with E-state index in [-0.39, 0.29) is 27.7 Å². The van der Waals surface area contributed by atoms with Gasteiger partial charge in [0.25, 0.3) is 5.69 Å². The predicted octanol–water partition coefficient (Wildman–Crippen LogP) is 4.25. The number of amides is 1. The molecule has 1 aliphatic heterocycles. The van der Waals surface area contributed by atoms with Crippen LogP contribution in [0.25, 0.3) is 0 Å². The lowest BCUT2D eigenvalue weighted by Gasteiger charge is -2.39. The Bertz CT molecular complexity index is 730. The number of nitro benzene ring substituents is 1. The summed E-state index contributed by atoms with van der Waals surface area (Å²) in [5.41, 5.74) is 0.265. The summed E-state index contributed by atoms with van der Waals surface area (Å²) >= 11 is 0.852. The summed E-state index contributed by atoms with van der Waals surface area (Å²) in [6.07, 6.45) is 0.661. The lowest BCUT2D eigenvalue weighted by molar-refractivity contribution is -0.384. The number of nitrogens with zero attached hydrogens (tertiary/aromatic N) is 2. The van der Waals surface area contributed by atoms with Crippen molar-refractivity contribution in [2.24, 2.45) is 5.92 Å². The molecule has 1 saturated heterocycles. The third kappa shape index (κ3) is 5.17. The van der Waals surface area contributed by atoms with Gasteiger partial charge in [-0.1, -0.05) is 20.8 Å². The highest BCUT2D eigenvalue weighted by atomic mass is 32.2. The van der Waals surface area contributed by atoms with E-state index < -0.39 is 13.2 Å². The second-order valence-corrected chi connectivity index (χ2v) is 14.0. The van der Waals surface area contributed by atoms with Crippen molar-refractivity contribution in [3.63, 3.8) is 0 Å². The molecule has 0 spiro atoms. The van der Waals surface area contributed by atoms with Crippen LogP contribution in [0.1, 0.15) is 37.6 Å². The summed E-state index contributed by atoms with van der Waals surface area (Å²) in [6, 6.07) is 5.38. The minimum absolute atomic E-state index is 0.0610. The molecular formula is C18H26N2O5SSi. The second-order valence-electron chi connectivity index (χ2n) is 8.18. The first-order chi connectivity index (χ1) is 12.4. The van der Waals surface area contributed by atoms with Crippen LogP contribution in [0, 0.1) is 16.0 Å². The highest BCUT2D eigenvalue weighted by Crippen LogP contribution is 2.37. The van der Waals surface area contributed by atoms with E-state index in [1.807, 2.05) is 0 Å². The standard InChI is InChI=1S/C18H26N2O5SSi/c1-18(2,3)27(4,5)25-11-10-14-12-19(16(14)21)26-17(22)13-6-8-15(9-7-13)20(23)24/h6-9,14H,10-12H2,1-5H3/t14-/m0/s1. The van der Waals surface area contributed by atoms with Gasteiger partial charge in [0.05, 0.1) is 10.8 Å². The molecule has 1 aromatic carbocycles. The van der Waals surface area contributed by atoms with E-state index in [1.54, 1.807) is 0 Å². The lowest BCUT2D eigenvalue weighted by Crippen LogP contribution is -2.50. The number of nitro groups is 1. The van der Waals surface area contributed by atoms with E-state index in [0.717, 1.165) is 11.9 Å². The van der Waals surface area contributed by atoms with Gasteiger partial charge in [-0.3, -0.25) is 24.0 Å². The van der Waals surface area contributed by atoms with E-state index in [2.05, 4.69) is 33.9 Å². The zero-order chi connectivity index (χ0) is 20.4. The fourth-order valence-electron chi connectivity index (χ4n) is 2.30. The molecule has 1 heterocycles. The Hall–Kier alpha value is -1.71. The zero-order valence-corrected chi connectivity index (χ0v) is 18.2. The first-order valence-electron chi connectivity index (χ1n) is 8.84. The van der Waals surface area contributed by atoms with Gasteiger partial charge in [0.15, 0.2) is 8.32 Å². The first kappa shape index (κ1) is 21.6. The molecule has 0 bridgehead atoms. The molecular weight excluding hydrogens is 384 g/mol. The van der Waals surface area contributed by atoms with Crippen molar-refractivity contribution in [1.29, 1.82) is 0 Å². The maximum Gasteiger partial charge on any atom is 0.269 e.